The summed E-state index contributed by atoms with van der Waals surface area (Å²) in [6.45, 7) is 0. The van der Waals surface area contributed by atoms with E-state index in [1.165, 1.54) is 0 Å². The van der Waals surface area contributed by atoms with Crippen molar-refractivity contribution < 1.29 is 0 Å². The van der Waals surface area contributed by atoms with E-state index in [-0.39, 0.29) is 0 Å². The zero-order valence-corrected chi connectivity index (χ0v) is 10.1. The molecule has 1 heterocycles. The molecule has 0 aliphatic carbocycles. The van der Waals surface area contributed by atoms with Crippen molar-refractivity contribution in [2.75, 3.05) is 0 Å². The molecule has 2 aromatic rings. The summed E-state index contributed by atoms with van der Waals surface area (Å²) >= 11 is 13.2. The van der Waals surface area contributed by atoms with Crippen molar-refractivity contribution in [3.05, 3.63) is 56.2 Å². The predicted octanol–water partition coefficient (Wildman–Crippen LogP) is 5.23. The Morgan fingerprint density at radius 1 is 0.867 bits per heavy atom. The minimum absolute atomic E-state index is 0.756. The normalized spacial score (nSPS) is 11.1. The van der Waals surface area contributed by atoms with Crippen LogP contribution in [0.4, 0.5) is 0 Å². The Morgan fingerprint density at radius 3 is 2.20 bits per heavy atom. The maximum absolute atomic E-state index is 5.83. The van der Waals surface area contributed by atoms with Gasteiger partial charge in [-0.1, -0.05) is 41.4 Å². The second kappa shape index (κ2) is 4.84. The lowest BCUT2D eigenvalue weighted by Gasteiger charge is -1.92. The molecule has 0 N–H and O–H groups in total. The lowest BCUT2D eigenvalue weighted by Crippen LogP contribution is -1.69. The average molecular weight is 255 g/mol. The third-order valence-electron chi connectivity index (χ3n) is 1.90. The van der Waals surface area contributed by atoms with Gasteiger partial charge in [-0.05, 0) is 35.9 Å². The molecule has 0 nitrogen and oxygen atoms in total. The Morgan fingerprint density at radius 2 is 1.60 bits per heavy atom. The van der Waals surface area contributed by atoms with Gasteiger partial charge in [-0.25, -0.2) is 0 Å². The molecule has 1 aromatic carbocycles. The zero-order chi connectivity index (χ0) is 10.7. The van der Waals surface area contributed by atoms with Gasteiger partial charge in [0.2, 0.25) is 0 Å². The molecule has 0 radical (unpaired) electrons. The van der Waals surface area contributed by atoms with Gasteiger partial charge >= 0.3 is 0 Å². The molecule has 15 heavy (non-hydrogen) atoms. The van der Waals surface area contributed by atoms with E-state index in [0.717, 1.165) is 19.8 Å². The number of halogens is 2. The van der Waals surface area contributed by atoms with Gasteiger partial charge in [0.15, 0.2) is 0 Å². The molecule has 0 fully saturated rings. The van der Waals surface area contributed by atoms with Crippen LogP contribution in [0.2, 0.25) is 9.36 Å². The summed E-state index contributed by atoms with van der Waals surface area (Å²) in [5.41, 5.74) is 1.13. The lowest BCUT2D eigenvalue weighted by molar-refractivity contribution is 1.66. The van der Waals surface area contributed by atoms with Crippen molar-refractivity contribution in [1.82, 2.24) is 0 Å². The van der Waals surface area contributed by atoms with Gasteiger partial charge in [-0.3, -0.25) is 0 Å². The molecule has 0 atom stereocenters. The number of rotatable bonds is 2. The van der Waals surface area contributed by atoms with Crippen LogP contribution in [0.5, 0.6) is 0 Å². The minimum Gasteiger partial charge on any atom is -0.124 e. The smallest absolute Gasteiger partial charge is 0.0934 e. The third-order valence-corrected chi connectivity index (χ3v) is 3.35. The van der Waals surface area contributed by atoms with Gasteiger partial charge in [0.25, 0.3) is 0 Å². The lowest BCUT2D eigenvalue weighted by atomic mass is 10.2. The van der Waals surface area contributed by atoms with E-state index in [0.29, 0.717) is 0 Å². The largest absolute Gasteiger partial charge is 0.124 e. The first-order valence-corrected chi connectivity index (χ1v) is 6.00. The second-order valence-electron chi connectivity index (χ2n) is 3.03. The van der Waals surface area contributed by atoms with Crippen LogP contribution in [0.3, 0.4) is 0 Å². The number of hydrogen-bond acceptors (Lipinski definition) is 1. The summed E-state index contributed by atoms with van der Waals surface area (Å²) in [6.07, 6.45) is 4.08. The Hall–Kier alpha value is -0.760. The van der Waals surface area contributed by atoms with Crippen LogP contribution in [0.15, 0.2) is 36.4 Å². The Labute approximate surface area is 103 Å². The maximum Gasteiger partial charge on any atom is 0.0934 e. The predicted molar refractivity (Wildman–Crippen MR) is 69.7 cm³/mol. The molecule has 0 aliphatic heterocycles. The molecule has 0 saturated heterocycles. The summed E-state index contributed by atoms with van der Waals surface area (Å²) in [7, 11) is 0. The van der Waals surface area contributed by atoms with E-state index < -0.39 is 0 Å². The van der Waals surface area contributed by atoms with Gasteiger partial charge in [0, 0.05) is 9.90 Å². The molecule has 0 aliphatic rings. The number of benzene rings is 1. The second-order valence-corrected chi connectivity index (χ2v) is 5.21. The van der Waals surface area contributed by atoms with Crippen molar-refractivity contribution in [2.24, 2.45) is 0 Å². The van der Waals surface area contributed by atoms with Crippen molar-refractivity contribution in [3.63, 3.8) is 0 Å². The van der Waals surface area contributed by atoms with Crippen LogP contribution in [0.25, 0.3) is 12.2 Å². The fourth-order valence-corrected chi connectivity index (χ4v) is 2.26. The Balaban J connectivity index is 2.14. The van der Waals surface area contributed by atoms with Crippen LogP contribution in [-0.4, -0.2) is 0 Å². The quantitative estimate of drug-likeness (QED) is 0.689. The summed E-state index contributed by atoms with van der Waals surface area (Å²) < 4.78 is 0.811. The van der Waals surface area contributed by atoms with Crippen molar-refractivity contribution >= 4 is 46.7 Å². The standard InChI is InChI=1S/C12H8Cl2S/c13-10-4-1-9(2-5-10)3-6-11-7-8-12(14)15-11/h1-8H/b6-3+. The van der Waals surface area contributed by atoms with E-state index in [9.17, 15) is 0 Å². The first-order valence-electron chi connectivity index (χ1n) is 4.43. The number of hydrogen-bond donors (Lipinski definition) is 0. The molecular weight excluding hydrogens is 247 g/mol. The van der Waals surface area contributed by atoms with E-state index in [1.807, 2.05) is 48.6 Å². The summed E-state index contributed by atoms with van der Waals surface area (Å²) in [5, 5.41) is 0.756. The molecule has 0 saturated carbocycles. The zero-order valence-electron chi connectivity index (χ0n) is 7.78. The van der Waals surface area contributed by atoms with Gasteiger partial charge in [-0.2, -0.15) is 0 Å². The van der Waals surface area contributed by atoms with Crippen LogP contribution in [0.1, 0.15) is 10.4 Å². The van der Waals surface area contributed by atoms with Crippen molar-refractivity contribution in [3.8, 4) is 0 Å². The molecule has 0 unspecified atom stereocenters. The van der Waals surface area contributed by atoms with Crippen LogP contribution >= 0.6 is 34.5 Å². The molecule has 0 amide bonds. The highest BCUT2D eigenvalue weighted by atomic mass is 35.5. The molecule has 3 heteroatoms. The monoisotopic (exact) mass is 254 g/mol. The van der Waals surface area contributed by atoms with Gasteiger partial charge in [0.05, 0.1) is 4.34 Å². The SMILES string of the molecule is Clc1ccc(/C=C/c2ccc(Cl)s2)cc1. The van der Waals surface area contributed by atoms with E-state index in [1.54, 1.807) is 11.3 Å². The highest BCUT2D eigenvalue weighted by Gasteiger charge is 1.93. The van der Waals surface area contributed by atoms with Gasteiger partial charge < -0.3 is 0 Å². The summed E-state index contributed by atoms with van der Waals surface area (Å²) in [4.78, 5) is 1.15. The highest BCUT2D eigenvalue weighted by Crippen LogP contribution is 2.23. The first kappa shape index (κ1) is 10.7. The summed E-state index contributed by atoms with van der Waals surface area (Å²) in [5.74, 6) is 0. The average Bonchev–Trinajstić information content (AvgIpc) is 2.64. The van der Waals surface area contributed by atoms with Crippen LogP contribution < -0.4 is 0 Å². The van der Waals surface area contributed by atoms with Gasteiger partial charge in [-0.15, -0.1) is 11.3 Å². The number of thiophene rings is 1. The Kier molecular flexibility index (Phi) is 3.47. The molecular formula is C12H8Cl2S. The molecule has 0 spiro atoms. The minimum atomic E-state index is 0.756. The third kappa shape index (κ3) is 3.10. The van der Waals surface area contributed by atoms with Crippen LogP contribution in [-0.2, 0) is 0 Å². The topological polar surface area (TPSA) is 0 Å². The molecule has 0 bridgehead atoms. The van der Waals surface area contributed by atoms with E-state index in [4.69, 9.17) is 23.2 Å². The highest BCUT2D eigenvalue weighted by molar-refractivity contribution is 7.17. The van der Waals surface area contributed by atoms with E-state index >= 15 is 0 Å². The van der Waals surface area contributed by atoms with E-state index in [2.05, 4.69) is 0 Å². The van der Waals surface area contributed by atoms with Crippen molar-refractivity contribution in [2.45, 2.75) is 0 Å². The Bertz CT molecular complexity index is 469. The fourth-order valence-electron chi connectivity index (χ4n) is 1.17. The molecule has 76 valence electrons. The summed E-state index contributed by atoms with van der Waals surface area (Å²) in [6, 6.07) is 11.6. The first-order chi connectivity index (χ1) is 7.24. The van der Waals surface area contributed by atoms with Gasteiger partial charge in [0.1, 0.15) is 0 Å². The molecule has 2 rings (SSSR count). The maximum atomic E-state index is 5.83. The molecule has 1 aromatic heterocycles. The van der Waals surface area contributed by atoms with Crippen LogP contribution in [0, 0.1) is 0 Å². The van der Waals surface area contributed by atoms with Crippen molar-refractivity contribution in [1.29, 1.82) is 0 Å². The fraction of sp³-hybridized carbons (Fsp3) is 0.